The molecule has 0 amide bonds. The van der Waals surface area contributed by atoms with E-state index >= 15 is 0 Å². The maximum atomic E-state index is 13.6. The van der Waals surface area contributed by atoms with E-state index in [2.05, 4.69) is 39.0 Å². The van der Waals surface area contributed by atoms with Crippen molar-refractivity contribution in [2.45, 2.75) is 24.9 Å². The summed E-state index contributed by atoms with van der Waals surface area (Å²) in [6, 6.07) is 33.8. The van der Waals surface area contributed by atoms with Gasteiger partial charge in [0.1, 0.15) is 11.6 Å². The normalized spacial score (nSPS) is 14.5. The molecule has 0 spiro atoms. The van der Waals surface area contributed by atoms with Crippen molar-refractivity contribution in [3.63, 3.8) is 0 Å². The van der Waals surface area contributed by atoms with Crippen LogP contribution in [0.4, 0.5) is 20.2 Å². The summed E-state index contributed by atoms with van der Waals surface area (Å²) in [7, 11) is 0. The van der Waals surface area contributed by atoms with Gasteiger partial charge in [-0.25, -0.2) is 8.78 Å². The topological polar surface area (TPSA) is 30.0 Å². The Labute approximate surface area is 266 Å². The fourth-order valence-electron chi connectivity index (χ4n) is 5.77. The molecule has 1 saturated heterocycles. The molecule has 0 radical (unpaired) electrons. The first-order chi connectivity index (χ1) is 20.0. The second-order valence-corrected chi connectivity index (χ2v) is 10.9. The number of aliphatic hydroxyl groups is 1. The van der Waals surface area contributed by atoms with Gasteiger partial charge in [0.05, 0.1) is 12.6 Å². The van der Waals surface area contributed by atoms with Crippen molar-refractivity contribution < 1.29 is 13.9 Å². The van der Waals surface area contributed by atoms with Gasteiger partial charge in [-0.05, 0) is 79.0 Å². The number of rotatable bonds is 12. The largest absolute Gasteiger partial charge is 0.390 e. The number of piperazine rings is 1. The highest BCUT2D eigenvalue weighted by atomic mass is 35.5. The van der Waals surface area contributed by atoms with Gasteiger partial charge >= 0.3 is 0 Å². The minimum absolute atomic E-state index is 0. The summed E-state index contributed by atoms with van der Waals surface area (Å²) in [5, 5.41) is 11.1. The van der Waals surface area contributed by atoms with Gasteiger partial charge in [0.15, 0.2) is 0 Å². The molecule has 230 valence electrons. The molecule has 0 bridgehead atoms. The van der Waals surface area contributed by atoms with E-state index in [1.54, 1.807) is 0 Å². The van der Waals surface area contributed by atoms with Crippen molar-refractivity contribution >= 4 is 36.2 Å². The van der Waals surface area contributed by atoms with E-state index in [1.807, 2.05) is 60.7 Å². The van der Waals surface area contributed by atoms with Gasteiger partial charge in [-0.3, -0.25) is 4.90 Å². The quantitative estimate of drug-likeness (QED) is 0.176. The molecule has 43 heavy (non-hydrogen) atoms. The average molecular weight is 629 g/mol. The zero-order valence-corrected chi connectivity index (χ0v) is 25.9. The molecule has 4 aromatic carbocycles. The van der Waals surface area contributed by atoms with Crippen molar-refractivity contribution in [2.24, 2.45) is 0 Å². The van der Waals surface area contributed by atoms with E-state index in [0.717, 1.165) is 68.1 Å². The van der Waals surface area contributed by atoms with Gasteiger partial charge in [-0.15, -0.1) is 24.8 Å². The highest BCUT2D eigenvalue weighted by Crippen LogP contribution is 2.30. The Morgan fingerprint density at radius 3 is 1.53 bits per heavy atom. The summed E-state index contributed by atoms with van der Waals surface area (Å²) in [6.07, 6.45) is 1.42. The van der Waals surface area contributed by atoms with Gasteiger partial charge < -0.3 is 14.9 Å². The van der Waals surface area contributed by atoms with E-state index in [1.165, 1.54) is 24.3 Å². The maximum Gasteiger partial charge on any atom is 0.123 e. The van der Waals surface area contributed by atoms with Crippen LogP contribution in [-0.2, 0) is 0 Å². The fourth-order valence-corrected chi connectivity index (χ4v) is 5.77. The predicted molar refractivity (Wildman–Crippen MR) is 177 cm³/mol. The van der Waals surface area contributed by atoms with E-state index in [-0.39, 0.29) is 42.4 Å². The summed E-state index contributed by atoms with van der Waals surface area (Å²) < 4.78 is 27.1. The van der Waals surface area contributed by atoms with Crippen LogP contribution in [0, 0.1) is 11.6 Å². The van der Waals surface area contributed by atoms with Crippen molar-refractivity contribution in [3.05, 3.63) is 132 Å². The van der Waals surface area contributed by atoms with Crippen LogP contribution in [0.5, 0.6) is 0 Å². The Bertz CT molecular complexity index is 1240. The second kappa shape index (κ2) is 17.3. The smallest absolute Gasteiger partial charge is 0.123 e. The van der Waals surface area contributed by atoms with Crippen LogP contribution >= 0.6 is 24.8 Å². The number of anilines is 2. The molecule has 8 heteroatoms. The standard InChI is InChI=1S/C35H39F2N3O.2ClH/c36-30-17-13-28(14-18-30)35(29-15-19-31(37)20-16-29)12-7-21-38-22-24-39(25-23-38)26-34(41)27-40(32-8-3-1-4-9-32)33-10-5-2-6-11-33;;/h1-6,8-11,13-20,34-35,41H,7,12,21-27H2;2*1H. The Hall–Kier alpha value is -3.00. The summed E-state index contributed by atoms with van der Waals surface area (Å²) in [6.45, 7) is 5.92. The van der Waals surface area contributed by atoms with Crippen molar-refractivity contribution in [2.75, 3.05) is 50.7 Å². The first kappa shape index (κ1) is 34.5. The Morgan fingerprint density at radius 2 is 1.07 bits per heavy atom. The summed E-state index contributed by atoms with van der Waals surface area (Å²) in [5.74, 6) is -0.394. The van der Waals surface area contributed by atoms with Crippen LogP contribution in [0.1, 0.15) is 29.9 Å². The van der Waals surface area contributed by atoms with Crippen LogP contribution in [0.2, 0.25) is 0 Å². The first-order valence-corrected chi connectivity index (χ1v) is 14.6. The third-order valence-corrected chi connectivity index (χ3v) is 7.97. The van der Waals surface area contributed by atoms with Crippen LogP contribution < -0.4 is 4.90 Å². The predicted octanol–water partition coefficient (Wildman–Crippen LogP) is 7.54. The van der Waals surface area contributed by atoms with E-state index < -0.39 is 6.10 Å². The molecule has 4 aromatic rings. The molecule has 1 aliphatic rings. The molecular weight excluding hydrogens is 587 g/mol. The summed E-state index contributed by atoms with van der Waals surface area (Å²) in [4.78, 5) is 7.02. The Kier molecular flexibility index (Phi) is 13.9. The van der Waals surface area contributed by atoms with Crippen molar-refractivity contribution in [3.8, 4) is 0 Å². The molecule has 1 atom stereocenters. The third kappa shape index (κ3) is 10.0. The number of β-amino-alcohol motifs (C(OH)–C–C–N with tert-alkyl or cyclic N) is 1. The van der Waals surface area contributed by atoms with Gasteiger partial charge in [0.2, 0.25) is 0 Å². The fraction of sp³-hybridized carbons (Fsp3) is 0.314. The van der Waals surface area contributed by atoms with Crippen LogP contribution in [0.25, 0.3) is 0 Å². The molecule has 0 aliphatic carbocycles. The SMILES string of the molecule is Cl.Cl.OC(CN1CCN(CCCC(c2ccc(F)cc2)c2ccc(F)cc2)CC1)CN(c1ccccc1)c1ccccc1. The molecule has 1 fully saturated rings. The van der Waals surface area contributed by atoms with E-state index in [0.29, 0.717) is 13.1 Å². The Morgan fingerprint density at radius 1 is 0.628 bits per heavy atom. The number of benzene rings is 4. The number of halogens is 4. The number of hydrogen-bond acceptors (Lipinski definition) is 4. The van der Waals surface area contributed by atoms with Gasteiger partial charge in [0.25, 0.3) is 0 Å². The van der Waals surface area contributed by atoms with Crippen molar-refractivity contribution in [1.29, 1.82) is 0 Å². The molecule has 1 aliphatic heterocycles. The monoisotopic (exact) mass is 627 g/mol. The molecule has 5 rings (SSSR count). The number of aliphatic hydroxyl groups excluding tert-OH is 1. The van der Waals surface area contributed by atoms with E-state index in [9.17, 15) is 13.9 Å². The Balaban J connectivity index is 0.00000253. The van der Waals surface area contributed by atoms with E-state index in [4.69, 9.17) is 0 Å². The van der Waals surface area contributed by atoms with Crippen LogP contribution in [0.3, 0.4) is 0 Å². The molecule has 0 aromatic heterocycles. The maximum absolute atomic E-state index is 13.6. The van der Waals surface area contributed by atoms with Gasteiger partial charge in [-0.1, -0.05) is 60.7 Å². The lowest BCUT2D eigenvalue weighted by Crippen LogP contribution is -2.49. The summed E-state index contributed by atoms with van der Waals surface area (Å²) in [5.41, 5.74) is 4.25. The average Bonchev–Trinajstić information content (AvgIpc) is 3.01. The number of nitrogens with zero attached hydrogens (tertiary/aromatic N) is 3. The number of para-hydroxylation sites is 2. The zero-order valence-electron chi connectivity index (χ0n) is 24.3. The second-order valence-electron chi connectivity index (χ2n) is 10.9. The molecule has 1 N–H and O–H groups in total. The highest BCUT2D eigenvalue weighted by molar-refractivity contribution is 5.85. The molecular formula is C35H41Cl2F2N3O. The van der Waals surface area contributed by atoms with Gasteiger partial charge in [-0.2, -0.15) is 0 Å². The van der Waals surface area contributed by atoms with Crippen molar-refractivity contribution in [1.82, 2.24) is 9.80 Å². The lowest BCUT2D eigenvalue weighted by atomic mass is 9.87. The molecule has 1 unspecified atom stereocenters. The minimum atomic E-state index is -0.478. The summed E-state index contributed by atoms with van der Waals surface area (Å²) >= 11 is 0. The molecule has 4 nitrogen and oxygen atoms in total. The minimum Gasteiger partial charge on any atom is -0.390 e. The lowest BCUT2D eigenvalue weighted by molar-refractivity contribution is 0.0758. The molecule has 0 saturated carbocycles. The highest BCUT2D eigenvalue weighted by Gasteiger charge is 2.22. The van der Waals surface area contributed by atoms with Crippen LogP contribution in [0.15, 0.2) is 109 Å². The van der Waals surface area contributed by atoms with Gasteiger partial charge in [0, 0.05) is 50.0 Å². The molecule has 1 heterocycles. The van der Waals surface area contributed by atoms with Crippen LogP contribution in [-0.4, -0.2) is 66.8 Å². The zero-order chi connectivity index (χ0) is 28.4. The number of hydrogen-bond donors (Lipinski definition) is 1. The first-order valence-electron chi connectivity index (χ1n) is 14.6. The third-order valence-electron chi connectivity index (χ3n) is 7.97. The lowest BCUT2D eigenvalue weighted by Gasteiger charge is -2.37.